The smallest absolute Gasteiger partial charge is 1.00 e. The van der Waals surface area contributed by atoms with E-state index in [1.54, 1.807) is 20.8 Å². The molecule has 0 aromatic heterocycles. The third-order valence-electron chi connectivity index (χ3n) is 4.58. The van der Waals surface area contributed by atoms with Gasteiger partial charge in [0, 0.05) is 5.54 Å². The summed E-state index contributed by atoms with van der Waals surface area (Å²) < 4.78 is 19.4. The SMILES string of the molecule is CC(C)(C)OC(=O)N1[C@H]([C@@H](C(=O)O)c2ccc(Cl)c(F)c2)CCC1(C)C.[H-].[Na+]. The summed E-state index contributed by atoms with van der Waals surface area (Å²) in [5.41, 5.74) is -0.993. The van der Waals surface area contributed by atoms with Crippen LogP contribution in [0.4, 0.5) is 9.18 Å². The van der Waals surface area contributed by atoms with Crippen molar-refractivity contribution in [3.05, 3.63) is 34.6 Å². The van der Waals surface area contributed by atoms with Crippen LogP contribution in [0.3, 0.4) is 0 Å². The first-order chi connectivity index (χ1) is 11.8. The van der Waals surface area contributed by atoms with Crippen molar-refractivity contribution in [1.29, 1.82) is 0 Å². The van der Waals surface area contributed by atoms with E-state index in [0.29, 0.717) is 12.8 Å². The van der Waals surface area contributed by atoms with Crippen molar-refractivity contribution in [1.82, 2.24) is 4.90 Å². The average molecular weight is 410 g/mol. The van der Waals surface area contributed by atoms with E-state index in [0.717, 1.165) is 6.07 Å². The van der Waals surface area contributed by atoms with Crippen molar-refractivity contribution in [3.63, 3.8) is 0 Å². The van der Waals surface area contributed by atoms with E-state index in [4.69, 9.17) is 16.3 Å². The standard InChI is InChI=1S/C19H25ClFNO4.Na.H/c1-18(2,3)26-17(25)22-14(8-9-19(22,4)5)15(16(23)24)11-6-7-12(20)13(21)10-11;;/h6-7,10,14-15H,8-9H2,1-5H3,(H,23,24);;/q;+1;-1/t14-,15-;;/m0../s1. The molecule has 2 atom stereocenters. The molecule has 146 valence electrons. The molecule has 0 spiro atoms. The Hall–Kier alpha value is -0.820. The average Bonchev–Trinajstić information content (AvgIpc) is 2.76. The molecule has 0 radical (unpaired) electrons. The fraction of sp³-hybridized carbons (Fsp3) is 0.579. The Morgan fingerprint density at radius 1 is 1.41 bits per heavy atom. The Morgan fingerprint density at radius 3 is 2.48 bits per heavy atom. The van der Waals surface area contributed by atoms with Crippen molar-refractivity contribution in [2.75, 3.05) is 0 Å². The molecule has 1 N–H and O–H groups in total. The van der Waals surface area contributed by atoms with Crippen LogP contribution in [0, 0.1) is 5.82 Å². The van der Waals surface area contributed by atoms with Crippen LogP contribution >= 0.6 is 11.6 Å². The number of nitrogens with zero attached hydrogens (tertiary/aromatic N) is 1. The third-order valence-corrected chi connectivity index (χ3v) is 4.89. The molecule has 8 heteroatoms. The predicted octanol–water partition coefficient (Wildman–Crippen LogP) is 1.94. The van der Waals surface area contributed by atoms with Gasteiger partial charge in [0.05, 0.1) is 11.1 Å². The molecule has 0 unspecified atom stereocenters. The Bertz CT molecular complexity index is 726. The number of amides is 1. The van der Waals surface area contributed by atoms with Gasteiger partial charge in [0.1, 0.15) is 17.3 Å². The van der Waals surface area contributed by atoms with Gasteiger partial charge in [-0.25, -0.2) is 9.18 Å². The van der Waals surface area contributed by atoms with Gasteiger partial charge < -0.3 is 11.3 Å². The maximum atomic E-state index is 13.9. The van der Waals surface area contributed by atoms with Crippen LogP contribution in [0.2, 0.25) is 5.02 Å². The van der Waals surface area contributed by atoms with Crippen LogP contribution in [0.25, 0.3) is 0 Å². The first kappa shape index (κ1) is 24.2. The Labute approximate surface area is 188 Å². The molecule has 0 bridgehead atoms. The number of benzene rings is 1. The number of carboxylic acids is 1. The molecule has 0 aliphatic carbocycles. The molecule has 27 heavy (non-hydrogen) atoms. The molecule has 2 rings (SSSR count). The minimum Gasteiger partial charge on any atom is -1.00 e. The summed E-state index contributed by atoms with van der Waals surface area (Å²) in [6.07, 6.45) is 0.537. The largest absolute Gasteiger partial charge is 1.00 e. The van der Waals surface area contributed by atoms with E-state index < -0.39 is 41.0 Å². The Kier molecular flexibility index (Phi) is 7.79. The number of carbonyl (C=O) groups excluding carboxylic acids is 1. The van der Waals surface area contributed by atoms with E-state index in [1.165, 1.54) is 17.0 Å². The maximum absolute atomic E-state index is 13.9. The monoisotopic (exact) mass is 409 g/mol. The van der Waals surface area contributed by atoms with Gasteiger partial charge in [0.2, 0.25) is 0 Å². The number of aliphatic carboxylic acids is 1. The number of hydrogen-bond acceptors (Lipinski definition) is 3. The number of likely N-dealkylation sites (tertiary alicyclic amines) is 1. The van der Waals surface area contributed by atoms with Crippen molar-refractivity contribution < 1.29 is 54.8 Å². The van der Waals surface area contributed by atoms with Gasteiger partial charge in [0.15, 0.2) is 0 Å². The van der Waals surface area contributed by atoms with E-state index in [-0.39, 0.29) is 41.6 Å². The molecule has 1 aliphatic heterocycles. The van der Waals surface area contributed by atoms with Crippen molar-refractivity contribution in [2.24, 2.45) is 0 Å². The van der Waals surface area contributed by atoms with Crippen molar-refractivity contribution in [2.45, 2.75) is 70.6 Å². The van der Waals surface area contributed by atoms with Crippen LogP contribution < -0.4 is 29.6 Å². The molecule has 5 nitrogen and oxygen atoms in total. The number of rotatable bonds is 3. The maximum Gasteiger partial charge on any atom is 1.00 e. The zero-order valence-electron chi connectivity index (χ0n) is 17.7. The van der Waals surface area contributed by atoms with Crippen molar-refractivity contribution >= 4 is 23.7 Å². The number of hydrogen-bond donors (Lipinski definition) is 1. The third kappa shape index (κ3) is 5.59. The summed E-state index contributed by atoms with van der Waals surface area (Å²) in [5.74, 6) is -2.88. The summed E-state index contributed by atoms with van der Waals surface area (Å²) in [7, 11) is 0. The van der Waals surface area contributed by atoms with Crippen molar-refractivity contribution in [3.8, 4) is 0 Å². The predicted molar refractivity (Wildman–Crippen MR) is 98.1 cm³/mol. The van der Waals surface area contributed by atoms with Gasteiger partial charge in [-0.3, -0.25) is 9.69 Å². The minimum atomic E-state index is -1.12. The van der Waals surface area contributed by atoms with E-state index in [1.807, 2.05) is 13.8 Å². The van der Waals surface area contributed by atoms with Crippen LogP contribution in [0.5, 0.6) is 0 Å². The summed E-state index contributed by atoms with van der Waals surface area (Å²) >= 11 is 5.71. The van der Waals surface area contributed by atoms with Gasteiger partial charge >= 0.3 is 41.6 Å². The number of carbonyl (C=O) groups is 2. The van der Waals surface area contributed by atoms with Gasteiger partial charge in [-0.1, -0.05) is 17.7 Å². The molecule has 1 aromatic rings. The first-order valence-corrected chi connectivity index (χ1v) is 8.91. The summed E-state index contributed by atoms with van der Waals surface area (Å²) in [6, 6.07) is 3.31. The second-order valence-corrected chi connectivity index (χ2v) is 8.67. The number of carboxylic acid groups (broad SMARTS) is 1. The summed E-state index contributed by atoms with van der Waals surface area (Å²) in [4.78, 5) is 26.3. The van der Waals surface area contributed by atoms with Gasteiger partial charge in [-0.05, 0) is 65.2 Å². The summed E-state index contributed by atoms with van der Waals surface area (Å²) in [5, 5.41) is 9.74. The summed E-state index contributed by atoms with van der Waals surface area (Å²) in [6.45, 7) is 9.02. The molecule has 1 saturated heterocycles. The fourth-order valence-electron chi connectivity index (χ4n) is 3.44. The number of ether oxygens (including phenoxy) is 1. The topological polar surface area (TPSA) is 66.8 Å². The zero-order chi connectivity index (χ0) is 19.9. The molecular weight excluding hydrogens is 384 g/mol. The minimum absolute atomic E-state index is 0. The van der Waals surface area contributed by atoms with Gasteiger partial charge in [-0.15, -0.1) is 0 Å². The first-order valence-electron chi connectivity index (χ1n) is 8.53. The fourth-order valence-corrected chi connectivity index (χ4v) is 3.56. The molecular formula is C19H26ClFNNaO4. The quantitative estimate of drug-likeness (QED) is 0.775. The number of halogens is 2. The van der Waals surface area contributed by atoms with Crippen LogP contribution in [-0.2, 0) is 9.53 Å². The molecule has 0 saturated carbocycles. The molecule has 1 aliphatic rings. The second-order valence-electron chi connectivity index (χ2n) is 8.26. The molecule has 1 aromatic carbocycles. The molecule has 1 heterocycles. The van der Waals surface area contributed by atoms with Crippen LogP contribution in [-0.4, -0.2) is 39.3 Å². The van der Waals surface area contributed by atoms with Crippen LogP contribution in [0.1, 0.15) is 60.4 Å². The van der Waals surface area contributed by atoms with E-state index in [9.17, 15) is 19.1 Å². The Balaban J connectivity index is 0.00000364. The second kappa shape index (κ2) is 8.68. The van der Waals surface area contributed by atoms with Gasteiger partial charge in [-0.2, -0.15) is 0 Å². The van der Waals surface area contributed by atoms with E-state index >= 15 is 0 Å². The Morgan fingerprint density at radius 2 is 2.00 bits per heavy atom. The van der Waals surface area contributed by atoms with Gasteiger partial charge in [0.25, 0.3) is 0 Å². The normalized spacial score (nSPS) is 20.0. The van der Waals surface area contributed by atoms with Crippen LogP contribution in [0.15, 0.2) is 18.2 Å². The van der Waals surface area contributed by atoms with E-state index in [2.05, 4.69) is 0 Å². The molecule has 1 fully saturated rings. The zero-order valence-corrected chi connectivity index (χ0v) is 19.4. The molecule has 1 amide bonds.